The van der Waals surface area contributed by atoms with Crippen LogP contribution in [0, 0.1) is 6.92 Å². The monoisotopic (exact) mass is 381 g/mol. The van der Waals surface area contributed by atoms with Crippen molar-refractivity contribution in [2.24, 2.45) is 7.05 Å². The zero-order chi connectivity index (χ0) is 19.4. The Morgan fingerprint density at radius 3 is 2.71 bits per heavy atom. The molecule has 10 nitrogen and oxygen atoms in total. The number of urea groups is 1. The Labute approximate surface area is 162 Å². The van der Waals surface area contributed by atoms with Crippen LogP contribution in [0.15, 0.2) is 18.6 Å². The van der Waals surface area contributed by atoms with E-state index in [4.69, 9.17) is 0 Å². The summed E-state index contributed by atoms with van der Waals surface area (Å²) in [6, 6.07) is 0.272. The predicted molar refractivity (Wildman–Crippen MR) is 105 cm³/mol. The lowest BCUT2D eigenvalue weighted by Crippen LogP contribution is -2.28. The Hall–Kier alpha value is -3.17. The molecule has 0 spiro atoms. The molecule has 0 bridgehead atoms. The van der Waals surface area contributed by atoms with Gasteiger partial charge in [0.15, 0.2) is 5.65 Å². The highest BCUT2D eigenvalue weighted by Gasteiger charge is 2.30. The van der Waals surface area contributed by atoms with Crippen molar-refractivity contribution in [2.75, 3.05) is 43.0 Å². The molecule has 0 saturated carbocycles. The molecule has 28 heavy (non-hydrogen) atoms. The molecule has 1 unspecified atom stereocenters. The summed E-state index contributed by atoms with van der Waals surface area (Å²) in [5.41, 5.74) is 1.71. The minimum atomic E-state index is 0.0306. The molecule has 0 N–H and O–H groups in total. The zero-order valence-electron chi connectivity index (χ0n) is 16.3. The van der Waals surface area contributed by atoms with Crippen LogP contribution in [-0.4, -0.2) is 73.7 Å². The third-order valence-corrected chi connectivity index (χ3v) is 5.64. The van der Waals surface area contributed by atoms with Gasteiger partial charge in [0.05, 0.1) is 29.5 Å². The zero-order valence-corrected chi connectivity index (χ0v) is 16.3. The van der Waals surface area contributed by atoms with Crippen molar-refractivity contribution in [3.63, 3.8) is 0 Å². The van der Waals surface area contributed by atoms with Crippen molar-refractivity contribution in [1.82, 2.24) is 34.4 Å². The van der Waals surface area contributed by atoms with E-state index >= 15 is 0 Å². The quantitative estimate of drug-likeness (QED) is 0.677. The Morgan fingerprint density at radius 2 is 1.93 bits per heavy atom. The fourth-order valence-electron chi connectivity index (χ4n) is 4.06. The molecule has 3 aromatic heterocycles. The number of amides is 2. The SMILES string of the molecule is Cc1nc(N2CCC(n3cc(N4CCN(C)C4=O)cn3)C2)c2cnn(C)c2n1. The van der Waals surface area contributed by atoms with E-state index in [9.17, 15) is 4.79 Å². The molecule has 0 radical (unpaired) electrons. The lowest BCUT2D eigenvalue weighted by molar-refractivity contribution is 0.229. The summed E-state index contributed by atoms with van der Waals surface area (Å²) in [5, 5.41) is 9.85. The van der Waals surface area contributed by atoms with Crippen LogP contribution in [0.3, 0.4) is 0 Å². The summed E-state index contributed by atoms with van der Waals surface area (Å²) in [5.74, 6) is 1.68. The molecule has 5 heterocycles. The number of anilines is 2. The van der Waals surface area contributed by atoms with Crippen molar-refractivity contribution in [2.45, 2.75) is 19.4 Å². The molecule has 2 saturated heterocycles. The Kier molecular flexibility index (Phi) is 3.74. The molecule has 2 aliphatic rings. The van der Waals surface area contributed by atoms with Crippen molar-refractivity contribution in [3.8, 4) is 0 Å². The number of hydrogen-bond donors (Lipinski definition) is 0. The fraction of sp³-hybridized carbons (Fsp3) is 0.500. The lowest BCUT2D eigenvalue weighted by atomic mass is 10.3. The Morgan fingerprint density at radius 1 is 1.07 bits per heavy atom. The summed E-state index contributed by atoms with van der Waals surface area (Å²) in [6.07, 6.45) is 6.57. The number of fused-ring (bicyclic) bond motifs is 1. The van der Waals surface area contributed by atoms with Gasteiger partial charge in [0, 0.05) is 46.5 Å². The van der Waals surface area contributed by atoms with E-state index in [1.807, 2.05) is 38.1 Å². The molecular weight excluding hydrogens is 358 g/mol. The molecule has 5 rings (SSSR count). The van der Waals surface area contributed by atoms with Crippen LogP contribution < -0.4 is 9.80 Å². The molecule has 0 aliphatic carbocycles. The second-order valence-electron chi connectivity index (χ2n) is 7.52. The number of carbonyl (C=O) groups is 1. The lowest BCUT2D eigenvalue weighted by Gasteiger charge is -2.19. The molecule has 0 aromatic carbocycles. The number of nitrogens with zero attached hydrogens (tertiary/aromatic N) is 9. The van der Waals surface area contributed by atoms with Crippen molar-refractivity contribution in [1.29, 1.82) is 0 Å². The largest absolute Gasteiger partial charge is 0.354 e. The van der Waals surface area contributed by atoms with Gasteiger partial charge in [-0.1, -0.05) is 0 Å². The van der Waals surface area contributed by atoms with Gasteiger partial charge >= 0.3 is 6.03 Å². The first kappa shape index (κ1) is 17.0. The average molecular weight is 381 g/mol. The van der Waals surface area contributed by atoms with Crippen molar-refractivity contribution < 1.29 is 4.79 Å². The normalized spacial score (nSPS) is 20.2. The first-order chi connectivity index (χ1) is 13.5. The van der Waals surface area contributed by atoms with E-state index < -0.39 is 0 Å². The summed E-state index contributed by atoms with van der Waals surface area (Å²) in [6.45, 7) is 5.07. The van der Waals surface area contributed by atoms with Crippen LogP contribution in [0.25, 0.3) is 11.0 Å². The average Bonchev–Trinajstić information content (AvgIpc) is 3.44. The smallest absolute Gasteiger partial charge is 0.324 e. The van der Waals surface area contributed by atoms with Gasteiger partial charge in [0.2, 0.25) is 0 Å². The van der Waals surface area contributed by atoms with Crippen molar-refractivity contribution in [3.05, 3.63) is 24.4 Å². The summed E-state index contributed by atoms with van der Waals surface area (Å²) in [4.78, 5) is 27.2. The first-order valence-corrected chi connectivity index (χ1v) is 9.49. The van der Waals surface area contributed by atoms with Gasteiger partial charge in [-0.05, 0) is 13.3 Å². The molecule has 3 aromatic rings. The standard InChI is InChI=1S/C18H23N9O/c1-12-21-16-15(9-19-24(16)3)17(22-12)25-5-4-13(10-25)27-11-14(8-20-27)26-7-6-23(2)18(26)28/h8-9,11,13H,4-7,10H2,1-3H3. The van der Waals surface area contributed by atoms with Crippen LogP contribution >= 0.6 is 0 Å². The second-order valence-corrected chi connectivity index (χ2v) is 7.52. The summed E-state index contributed by atoms with van der Waals surface area (Å²) >= 11 is 0. The molecule has 2 amide bonds. The van der Waals surface area contributed by atoms with Crippen LogP contribution in [0.2, 0.25) is 0 Å². The minimum absolute atomic E-state index is 0.0306. The molecule has 2 aliphatic heterocycles. The third kappa shape index (κ3) is 2.59. The van der Waals surface area contributed by atoms with E-state index in [1.165, 1.54) is 0 Å². The number of likely N-dealkylation sites (N-methyl/N-ethyl adjacent to an activating group) is 1. The maximum atomic E-state index is 12.2. The molecule has 10 heteroatoms. The van der Waals surface area contributed by atoms with Gasteiger partial charge in [-0.15, -0.1) is 0 Å². The van der Waals surface area contributed by atoms with Crippen LogP contribution in [0.4, 0.5) is 16.3 Å². The van der Waals surface area contributed by atoms with Gasteiger partial charge in [-0.25, -0.2) is 14.8 Å². The summed E-state index contributed by atoms with van der Waals surface area (Å²) in [7, 11) is 3.72. The maximum absolute atomic E-state index is 12.2. The second kappa shape index (κ2) is 6.18. The van der Waals surface area contributed by atoms with Gasteiger partial charge < -0.3 is 9.80 Å². The third-order valence-electron chi connectivity index (χ3n) is 5.64. The highest BCUT2D eigenvalue weighted by Crippen LogP contribution is 2.31. The van der Waals surface area contributed by atoms with Gasteiger partial charge in [0.1, 0.15) is 11.6 Å². The number of aromatic nitrogens is 6. The predicted octanol–water partition coefficient (Wildman–Crippen LogP) is 1.19. The number of rotatable bonds is 3. The van der Waals surface area contributed by atoms with Crippen LogP contribution in [-0.2, 0) is 7.05 Å². The molecule has 2 fully saturated rings. The van der Waals surface area contributed by atoms with E-state index in [0.29, 0.717) is 6.54 Å². The van der Waals surface area contributed by atoms with Gasteiger partial charge in [-0.3, -0.25) is 14.3 Å². The van der Waals surface area contributed by atoms with Gasteiger partial charge in [0.25, 0.3) is 0 Å². The van der Waals surface area contributed by atoms with E-state index in [1.54, 1.807) is 20.7 Å². The topological polar surface area (TPSA) is 88.2 Å². The summed E-state index contributed by atoms with van der Waals surface area (Å²) < 4.78 is 3.76. The van der Waals surface area contributed by atoms with E-state index in [2.05, 4.69) is 25.1 Å². The minimum Gasteiger partial charge on any atom is -0.354 e. The van der Waals surface area contributed by atoms with Crippen LogP contribution in [0.1, 0.15) is 18.3 Å². The highest BCUT2D eigenvalue weighted by molar-refractivity contribution is 5.93. The van der Waals surface area contributed by atoms with Crippen molar-refractivity contribution >= 4 is 28.6 Å². The number of carbonyl (C=O) groups excluding carboxylic acids is 1. The number of aryl methyl sites for hydroxylation is 2. The van der Waals surface area contributed by atoms with E-state index in [-0.39, 0.29) is 12.1 Å². The molecule has 146 valence electrons. The first-order valence-electron chi connectivity index (χ1n) is 9.49. The van der Waals surface area contributed by atoms with Gasteiger partial charge in [-0.2, -0.15) is 10.2 Å². The van der Waals surface area contributed by atoms with E-state index in [0.717, 1.165) is 54.4 Å². The number of hydrogen-bond acceptors (Lipinski definition) is 6. The Balaban J connectivity index is 1.38. The maximum Gasteiger partial charge on any atom is 0.324 e. The molecular formula is C18H23N9O. The van der Waals surface area contributed by atoms with Crippen LogP contribution in [0.5, 0.6) is 0 Å². The molecule has 1 atom stereocenters. The highest BCUT2D eigenvalue weighted by atomic mass is 16.2. The Bertz CT molecular complexity index is 1050. The fourth-order valence-corrected chi connectivity index (χ4v) is 4.06.